The van der Waals surface area contributed by atoms with Gasteiger partial charge in [0.2, 0.25) is 0 Å². The van der Waals surface area contributed by atoms with Gasteiger partial charge in [0.1, 0.15) is 11.4 Å². The Morgan fingerprint density at radius 1 is 1.15 bits per heavy atom. The van der Waals surface area contributed by atoms with Crippen LogP contribution in [-0.4, -0.2) is 17.4 Å². The third kappa shape index (κ3) is 2.96. The van der Waals surface area contributed by atoms with E-state index in [1.807, 2.05) is 12.1 Å². The van der Waals surface area contributed by atoms with Gasteiger partial charge in [0.05, 0.1) is 0 Å². The molecule has 1 fully saturated rings. The standard InChI is InChI=1S/C21H23FN2O2/c22-17-8-2-1-7-16(17)21(10-3-4-11-21)13-23-19(25)15-12-14-6-5-9-18(14)24-20(15)26/h1-2,7-8,12H,3-6,9-11,13H2,(H,23,25)(H,24,26). The normalized spacial score (nSPS) is 17.9. The molecule has 2 aliphatic rings. The van der Waals surface area contributed by atoms with Gasteiger partial charge in [0.25, 0.3) is 11.5 Å². The summed E-state index contributed by atoms with van der Waals surface area (Å²) in [5, 5.41) is 2.91. The maximum atomic E-state index is 14.4. The molecule has 1 aromatic carbocycles. The Bertz CT molecular complexity index is 897. The molecule has 0 atom stereocenters. The van der Waals surface area contributed by atoms with Gasteiger partial charge in [0, 0.05) is 17.7 Å². The lowest BCUT2D eigenvalue weighted by atomic mass is 9.78. The minimum atomic E-state index is -0.384. The topological polar surface area (TPSA) is 62.0 Å². The van der Waals surface area contributed by atoms with Crippen molar-refractivity contribution in [1.29, 1.82) is 0 Å². The van der Waals surface area contributed by atoms with Crippen molar-refractivity contribution in [3.63, 3.8) is 0 Å². The monoisotopic (exact) mass is 354 g/mol. The smallest absolute Gasteiger partial charge is 0.261 e. The van der Waals surface area contributed by atoms with E-state index in [0.717, 1.165) is 56.2 Å². The van der Waals surface area contributed by atoms with Crippen LogP contribution in [0.2, 0.25) is 0 Å². The van der Waals surface area contributed by atoms with Gasteiger partial charge in [-0.1, -0.05) is 31.0 Å². The average Bonchev–Trinajstić information content (AvgIpc) is 3.29. The first-order chi connectivity index (χ1) is 12.6. The molecule has 26 heavy (non-hydrogen) atoms. The van der Waals surface area contributed by atoms with Crippen LogP contribution in [0.3, 0.4) is 0 Å². The van der Waals surface area contributed by atoms with Crippen LogP contribution in [0, 0.1) is 5.82 Å². The summed E-state index contributed by atoms with van der Waals surface area (Å²) >= 11 is 0. The van der Waals surface area contributed by atoms with Gasteiger partial charge in [0.15, 0.2) is 0 Å². The first-order valence-corrected chi connectivity index (χ1v) is 9.37. The zero-order valence-electron chi connectivity index (χ0n) is 14.7. The average molecular weight is 354 g/mol. The van der Waals surface area contributed by atoms with E-state index in [2.05, 4.69) is 10.3 Å². The van der Waals surface area contributed by atoms with E-state index in [1.54, 1.807) is 12.1 Å². The number of aryl methyl sites for hydroxylation is 2. The molecule has 1 saturated carbocycles. The summed E-state index contributed by atoms with van der Waals surface area (Å²) in [6, 6.07) is 8.54. The summed E-state index contributed by atoms with van der Waals surface area (Å²) in [5.41, 5.74) is 2.11. The van der Waals surface area contributed by atoms with E-state index >= 15 is 0 Å². The molecule has 5 heteroatoms. The third-order valence-electron chi connectivity index (χ3n) is 5.93. The van der Waals surface area contributed by atoms with Crippen molar-refractivity contribution in [2.24, 2.45) is 0 Å². The van der Waals surface area contributed by atoms with Gasteiger partial charge >= 0.3 is 0 Å². The van der Waals surface area contributed by atoms with Crippen molar-refractivity contribution >= 4 is 5.91 Å². The number of rotatable bonds is 4. The van der Waals surface area contributed by atoms with Crippen LogP contribution >= 0.6 is 0 Å². The lowest BCUT2D eigenvalue weighted by molar-refractivity contribution is 0.0941. The number of amides is 1. The number of aromatic nitrogens is 1. The second-order valence-electron chi connectivity index (χ2n) is 7.52. The summed E-state index contributed by atoms with van der Waals surface area (Å²) in [6.07, 6.45) is 6.48. The van der Waals surface area contributed by atoms with E-state index in [1.165, 1.54) is 6.07 Å². The molecule has 2 aromatic rings. The fourth-order valence-electron chi connectivity index (χ4n) is 4.51. The molecule has 0 bridgehead atoms. The number of carbonyl (C=O) groups is 1. The van der Waals surface area contributed by atoms with E-state index < -0.39 is 0 Å². The third-order valence-corrected chi connectivity index (χ3v) is 5.93. The zero-order chi connectivity index (χ0) is 18.1. The quantitative estimate of drug-likeness (QED) is 0.885. The summed E-state index contributed by atoms with van der Waals surface area (Å²) < 4.78 is 14.4. The molecule has 0 unspecified atom stereocenters. The Hall–Kier alpha value is -2.43. The summed E-state index contributed by atoms with van der Waals surface area (Å²) in [5.74, 6) is -0.595. The number of fused-ring (bicyclic) bond motifs is 1. The number of benzene rings is 1. The van der Waals surface area contributed by atoms with E-state index in [0.29, 0.717) is 12.1 Å². The fourth-order valence-corrected chi connectivity index (χ4v) is 4.51. The Balaban J connectivity index is 1.57. The van der Waals surface area contributed by atoms with Crippen LogP contribution in [-0.2, 0) is 18.3 Å². The Morgan fingerprint density at radius 2 is 1.92 bits per heavy atom. The van der Waals surface area contributed by atoms with Crippen LogP contribution in [0.5, 0.6) is 0 Å². The predicted octanol–water partition coefficient (Wildman–Crippen LogP) is 3.24. The number of pyridine rings is 1. The van der Waals surface area contributed by atoms with Crippen molar-refractivity contribution in [1.82, 2.24) is 10.3 Å². The van der Waals surface area contributed by atoms with Crippen LogP contribution in [0.25, 0.3) is 0 Å². The molecule has 0 radical (unpaired) electrons. The van der Waals surface area contributed by atoms with Gasteiger partial charge in [-0.15, -0.1) is 0 Å². The molecule has 1 aromatic heterocycles. The summed E-state index contributed by atoms with van der Waals surface area (Å²) in [4.78, 5) is 27.7. The Morgan fingerprint density at radius 3 is 2.69 bits per heavy atom. The van der Waals surface area contributed by atoms with Crippen molar-refractivity contribution < 1.29 is 9.18 Å². The minimum absolute atomic E-state index is 0.160. The maximum absolute atomic E-state index is 14.4. The van der Waals surface area contributed by atoms with Gasteiger partial charge in [-0.05, 0) is 55.4 Å². The largest absolute Gasteiger partial charge is 0.351 e. The summed E-state index contributed by atoms with van der Waals surface area (Å²) in [6.45, 7) is 0.350. The van der Waals surface area contributed by atoms with Crippen molar-refractivity contribution in [2.75, 3.05) is 6.54 Å². The zero-order valence-corrected chi connectivity index (χ0v) is 14.7. The lowest BCUT2D eigenvalue weighted by Crippen LogP contribution is -2.41. The van der Waals surface area contributed by atoms with Crippen LogP contribution < -0.4 is 10.9 Å². The first kappa shape index (κ1) is 17.0. The van der Waals surface area contributed by atoms with E-state index in [9.17, 15) is 14.0 Å². The number of hydrogen-bond donors (Lipinski definition) is 2. The van der Waals surface area contributed by atoms with Crippen molar-refractivity contribution in [2.45, 2.75) is 50.4 Å². The molecule has 2 aliphatic carbocycles. The van der Waals surface area contributed by atoms with Crippen molar-refractivity contribution in [3.8, 4) is 0 Å². The lowest BCUT2D eigenvalue weighted by Gasteiger charge is -2.30. The molecule has 0 spiro atoms. The minimum Gasteiger partial charge on any atom is -0.351 e. The van der Waals surface area contributed by atoms with Gasteiger partial charge in [-0.25, -0.2) is 4.39 Å². The molecular weight excluding hydrogens is 331 g/mol. The highest BCUT2D eigenvalue weighted by Crippen LogP contribution is 2.41. The van der Waals surface area contributed by atoms with Crippen LogP contribution in [0.1, 0.15) is 59.3 Å². The molecule has 0 saturated heterocycles. The molecule has 4 rings (SSSR count). The highest BCUT2D eigenvalue weighted by atomic mass is 19.1. The highest BCUT2D eigenvalue weighted by molar-refractivity contribution is 5.94. The van der Waals surface area contributed by atoms with E-state index in [4.69, 9.17) is 0 Å². The molecule has 1 heterocycles. The summed E-state index contributed by atoms with van der Waals surface area (Å²) in [7, 11) is 0. The predicted molar refractivity (Wildman–Crippen MR) is 98.0 cm³/mol. The molecule has 4 nitrogen and oxygen atoms in total. The molecule has 0 aliphatic heterocycles. The van der Waals surface area contributed by atoms with Crippen LogP contribution in [0.4, 0.5) is 4.39 Å². The second kappa shape index (κ2) is 6.71. The maximum Gasteiger partial charge on any atom is 0.261 e. The van der Waals surface area contributed by atoms with E-state index in [-0.39, 0.29) is 28.3 Å². The molecular formula is C21H23FN2O2. The van der Waals surface area contributed by atoms with Crippen molar-refractivity contribution in [3.05, 3.63) is 68.9 Å². The van der Waals surface area contributed by atoms with Gasteiger partial charge in [-0.3, -0.25) is 9.59 Å². The first-order valence-electron chi connectivity index (χ1n) is 9.37. The number of aromatic amines is 1. The number of hydrogen-bond acceptors (Lipinski definition) is 2. The number of H-pyrrole nitrogens is 1. The van der Waals surface area contributed by atoms with Gasteiger partial charge in [-0.2, -0.15) is 0 Å². The van der Waals surface area contributed by atoms with Crippen LogP contribution in [0.15, 0.2) is 35.1 Å². The molecule has 1 amide bonds. The molecule has 2 N–H and O–H groups in total. The Labute approximate surface area is 151 Å². The highest BCUT2D eigenvalue weighted by Gasteiger charge is 2.38. The SMILES string of the molecule is O=C(NCC1(c2ccccc2F)CCCC1)c1cc2c([nH]c1=O)CCC2. The number of nitrogens with one attached hydrogen (secondary N) is 2. The molecule has 136 valence electrons. The number of halogens is 1. The Kier molecular flexibility index (Phi) is 4.39. The second-order valence-corrected chi connectivity index (χ2v) is 7.52. The fraction of sp³-hybridized carbons (Fsp3) is 0.429. The van der Waals surface area contributed by atoms with Gasteiger partial charge < -0.3 is 10.3 Å². The number of carbonyl (C=O) groups excluding carboxylic acids is 1.